The third kappa shape index (κ3) is 1.72. The number of benzene rings is 1. The third-order valence-corrected chi connectivity index (χ3v) is 1.91. The molecule has 1 aromatic carbocycles. The summed E-state index contributed by atoms with van der Waals surface area (Å²) >= 11 is 0. The summed E-state index contributed by atoms with van der Waals surface area (Å²) in [5, 5.41) is 7.06. The first-order valence-corrected chi connectivity index (χ1v) is 4.26. The van der Waals surface area contributed by atoms with Gasteiger partial charge in [-0.15, -0.1) is 5.10 Å². The molecule has 0 fully saturated rings. The van der Waals surface area contributed by atoms with Crippen LogP contribution in [0.1, 0.15) is 5.56 Å². The second-order valence-electron chi connectivity index (χ2n) is 3.02. The van der Waals surface area contributed by atoms with Gasteiger partial charge in [-0.05, 0) is 18.1 Å². The summed E-state index contributed by atoms with van der Waals surface area (Å²) in [7, 11) is 0. The molecule has 0 saturated carbocycles. The van der Waals surface area contributed by atoms with Gasteiger partial charge in [-0.2, -0.15) is 0 Å². The smallest absolute Gasteiger partial charge is 0.106 e. The molecular formula is C11H11N2+. The first-order valence-electron chi connectivity index (χ1n) is 4.26. The lowest BCUT2D eigenvalue weighted by Crippen LogP contribution is -2.08. The van der Waals surface area contributed by atoms with E-state index in [-0.39, 0.29) is 0 Å². The fourth-order valence-corrected chi connectivity index (χ4v) is 1.25. The molecule has 1 heterocycles. The Morgan fingerprint density at radius 1 is 1.15 bits per heavy atom. The Hall–Kier alpha value is -1.70. The molecule has 0 amide bonds. The van der Waals surface area contributed by atoms with Crippen LogP contribution in [0, 0.1) is 6.92 Å². The molecule has 0 aliphatic rings. The number of hydrogen-bond acceptors (Lipinski definition) is 1. The molecule has 2 rings (SSSR count). The summed E-state index contributed by atoms with van der Waals surface area (Å²) in [5.41, 5.74) is 3.32. The van der Waals surface area contributed by atoms with Crippen LogP contribution in [0.3, 0.4) is 0 Å². The molecule has 0 atom stereocenters. The highest BCUT2D eigenvalue weighted by Gasteiger charge is 2.01. The van der Waals surface area contributed by atoms with Gasteiger partial charge in [0.25, 0.3) is 0 Å². The van der Waals surface area contributed by atoms with Crippen molar-refractivity contribution < 1.29 is 5.10 Å². The summed E-state index contributed by atoms with van der Waals surface area (Å²) in [6.07, 6.45) is 1.88. The Kier molecular flexibility index (Phi) is 2.04. The molecule has 0 saturated heterocycles. The van der Waals surface area contributed by atoms with Crippen molar-refractivity contribution in [2.45, 2.75) is 6.92 Å². The van der Waals surface area contributed by atoms with Crippen molar-refractivity contribution in [3.8, 4) is 11.3 Å². The Balaban J connectivity index is 2.48. The van der Waals surface area contributed by atoms with Gasteiger partial charge < -0.3 is 0 Å². The van der Waals surface area contributed by atoms with Gasteiger partial charge >= 0.3 is 0 Å². The molecule has 0 radical (unpaired) electrons. The summed E-state index contributed by atoms with van der Waals surface area (Å²) in [6, 6.07) is 12.2. The minimum Gasteiger partial charge on any atom is -0.106 e. The molecule has 0 spiro atoms. The van der Waals surface area contributed by atoms with Crippen LogP contribution in [0.15, 0.2) is 42.6 Å². The number of rotatable bonds is 1. The van der Waals surface area contributed by atoms with E-state index in [0.29, 0.717) is 0 Å². The van der Waals surface area contributed by atoms with Gasteiger partial charge in [0.05, 0.1) is 0 Å². The lowest BCUT2D eigenvalue weighted by Gasteiger charge is -1.95. The van der Waals surface area contributed by atoms with Gasteiger partial charge in [0.2, 0.25) is 0 Å². The molecule has 0 bridgehead atoms. The van der Waals surface area contributed by atoms with Gasteiger partial charge in [0, 0.05) is 11.1 Å². The molecule has 0 aliphatic heterocycles. The first kappa shape index (κ1) is 7.92. The van der Waals surface area contributed by atoms with Crippen molar-refractivity contribution in [1.82, 2.24) is 5.10 Å². The fourth-order valence-electron chi connectivity index (χ4n) is 1.25. The SMILES string of the molecule is Cc1c[nH+]nc(-c2ccccc2)c1. The maximum Gasteiger partial charge on any atom is 0.196 e. The van der Waals surface area contributed by atoms with E-state index < -0.39 is 0 Å². The van der Waals surface area contributed by atoms with Gasteiger partial charge in [-0.3, -0.25) is 0 Å². The fraction of sp³-hybridized carbons (Fsp3) is 0.0909. The number of aryl methyl sites for hydroxylation is 1. The highest BCUT2D eigenvalue weighted by Crippen LogP contribution is 2.14. The zero-order valence-electron chi connectivity index (χ0n) is 7.49. The summed E-state index contributed by atoms with van der Waals surface area (Å²) < 4.78 is 0. The molecule has 13 heavy (non-hydrogen) atoms. The van der Waals surface area contributed by atoms with Gasteiger partial charge in [0.15, 0.2) is 6.20 Å². The average Bonchev–Trinajstić information content (AvgIpc) is 2.19. The van der Waals surface area contributed by atoms with Crippen molar-refractivity contribution in [2.24, 2.45) is 0 Å². The summed E-state index contributed by atoms with van der Waals surface area (Å²) in [5.74, 6) is 0. The minimum atomic E-state index is 0.987. The Morgan fingerprint density at radius 2 is 1.92 bits per heavy atom. The van der Waals surface area contributed by atoms with Gasteiger partial charge in [-0.1, -0.05) is 30.3 Å². The first-order chi connectivity index (χ1) is 6.36. The van der Waals surface area contributed by atoms with Crippen LogP contribution >= 0.6 is 0 Å². The number of H-pyrrole nitrogens is 1. The van der Waals surface area contributed by atoms with Gasteiger partial charge in [-0.25, -0.2) is 0 Å². The van der Waals surface area contributed by atoms with Crippen molar-refractivity contribution >= 4 is 0 Å². The highest BCUT2D eigenvalue weighted by molar-refractivity contribution is 5.58. The summed E-state index contributed by atoms with van der Waals surface area (Å²) in [6.45, 7) is 2.05. The van der Waals surface area contributed by atoms with Crippen LogP contribution in [-0.4, -0.2) is 5.10 Å². The second-order valence-corrected chi connectivity index (χ2v) is 3.02. The van der Waals surface area contributed by atoms with Crippen LogP contribution < -0.4 is 5.10 Å². The van der Waals surface area contributed by atoms with Crippen LogP contribution in [0.4, 0.5) is 0 Å². The average molecular weight is 171 g/mol. The lowest BCUT2D eigenvalue weighted by atomic mass is 10.1. The van der Waals surface area contributed by atoms with Crippen molar-refractivity contribution in [3.05, 3.63) is 48.2 Å². The molecule has 0 aliphatic carbocycles. The number of aromatic amines is 1. The zero-order valence-corrected chi connectivity index (χ0v) is 7.49. The van der Waals surface area contributed by atoms with Crippen molar-refractivity contribution in [1.29, 1.82) is 0 Å². The van der Waals surface area contributed by atoms with Crippen LogP contribution in [0.5, 0.6) is 0 Å². The number of aromatic nitrogens is 2. The normalized spacial score (nSPS) is 9.92. The highest BCUT2D eigenvalue weighted by atomic mass is 15.1. The molecule has 1 N–H and O–H groups in total. The Labute approximate surface area is 77.3 Å². The van der Waals surface area contributed by atoms with E-state index >= 15 is 0 Å². The molecule has 2 aromatic rings. The topological polar surface area (TPSA) is 27.0 Å². The van der Waals surface area contributed by atoms with Crippen LogP contribution in [-0.2, 0) is 0 Å². The minimum absolute atomic E-state index is 0.987. The zero-order chi connectivity index (χ0) is 9.10. The number of nitrogens with one attached hydrogen (secondary N) is 1. The maximum absolute atomic E-state index is 4.18. The van der Waals surface area contributed by atoms with E-state index in [4.69, 9.17) is 0 Å². The maximum atomic E-state index is 4.18. The van der Waals surface area contributed by atoms with E-state index in [1.807, 2.05) is 31.3 Å². The Morgan fingerprint density at radius 3 is 2.62 bits per heavy atom. The predicted octanol–water partition coefficient (Wildman–Crippen LogP) is 1.87. The molecule has 1 aromatic heterocycles. The monoisotopic (exact) mass is 171 g/mol. The van der Waals surface area contributed by atoms with E-state index in [0.717, 1.165) is 11.3 Å². The van der Waals surface area contributed by atoms with E-state index in [1.165, 1.54) is 5.56 Å². The van der Waals surface area contributed by atoms with Crippen LogP contribution in [0.25, 0.3) is 11.3 Å². The largest absolute Gasteiger partial charge is 0.196 e. The van der Waals surface area contributed by atoms with Crippen molar-refractivity contribution in [2.75, 3.05) is 0 Å². The third-order valence-electron chi connectivity index (χ3n) is 1.91. The van der Waals surface area contributed by atoms with E-state index in [2.05, 4.69) is 28.4 Å². The number of nitrogens with zero attached hydrogens (tertiary/aromatic N) is 1. The molecule has 2 heteroatoms. The quantitative estimate of drug-likeness (QED) is 0.643. The summed E-state index contributed by atoms with van der Waals surface area (Å²) in [4.78, 5) is 0. The van der Waals surface area contributed by atoms with Crippen molar-refractivity contribution in [3.63, 3.8) is 0 Å². The molecule has 64 valence electrons. The van der Waals surface area contributed by atoms with E-state index in [9.17, 15) is 0 Å². The van der Waals surface area contributed by atoms with Crippen LogP contribution in [0.2, 0.25) is 0 Å². The Bertz CT molecular complexity index is 396. The predicted molar refractivity (Wildman–Crippen MR) is 51.0 cm³/mol. The lowest BCUT2D eigenvalue weighted by molar-refractivity contribution is -0.454. The number of hydrogen-bond donors (Lipinski definition) is 0. The molecular weight excluding hydrogens is 160 g/mol. The molecule has 0 unspecified atom stereocenters. The standard InChI is InChI=1S/C11H10N2/c1-9-7-11(13-12-8-9)10-5-3-2-4-6-10/h2-8H,1H3/p+1. The van der Waals surface area contributed by atoms with Gasteiger partial charge in [0.1, 0.15) is 5.69 Å². The molecule has 2 nitrogen and oxygen atoms in total. The second kappa shape index (κ2) is 3.35. The van der Waals surface area contributed by atoms with E-state index in [1.54, 1.807) is 0 Å².